The predicted octanol–water partition coefficient (Wildman–Crippen LogP) is 3.89. The fourth-order valence-electron chi connectivity index (χ4n) is 3.41. The largest absolute Gasteiger partial charge is 0.435 e. The first-order valence-electron chi connectivity index (χ1n) is 9.71. The summed E-state index contributed by atoms with van der Waals surface area (Å²) < 4.78 is 67.5. The van der Waals surface area contributed by atoms with Crippen LogP contribution in [0, 0.1) is 6.92 Å². The van der Waals surface area contributed by atoms with Gasteiger partial charge in [-0.2, -0.15) is 23.4 Å². The number of carbonyl (C=O) groups excluding carboxylic acids is 1. The molecule has 1 aliphatic carbocycles. The van der Waals surface area contributed by atoms with Crippen LogP contribution < -0.4 is 5.32 Å². The van der Waals surface area contributed by atoms with Crippen molar-refractivity contribution in [2.24, 2.45) is 0 Å². The van der Waals surface area contributed by atoms with Crippen LogP contribution in [-0.4, -0.2) is 36.8 Å². The van der Waals surface area contributed by atoms with E-state index in [4.69, 9.17) is 0 Å². The van der Waals surface area contributed by atoms with E-state index in [1.165, 1.54) is 17.7 Å². The normalized spacial score (nSPS) is 14.5. The minimum Gasteiger partial charge on any atom is -0.352 e. The number of alkyl halides is 5. The third-order valence-corrected chi connectivity index (χ3v) is 5.03. The zero-order valence-electron chi connectivity index (χ0n) is 16.5. The van der Waals surface area contributed by atoms with Crippen LogP contribution in [-0.2, 0) is 12.7 Å². The molecular weight excluding hydrogens is 423 g/mol. The van der Waals surface area contributed by atoms with Crippen LogP contribution in [0.4, 0.5) is 22.0 Å². The van der Waals surface area contributed by atoms with E-state index in [1.807, 2.05) is 0 Å². The molecule has 1 fully saturated rings. The topological polar surface area (TPSA) is 77.1 Å². The Bertz CT molecular complexity index is 1120. The number of rotatable bonds is 7. The zero-order valence-corrected chi connectivity index (χ0v) is 16.5. The summed E-state index contributed by atoms with van der Waals surface area (Å²) in [5, 5.41) is 10.1. The highest BCUT2D eigenvalue weighted by molar-refractivity contribution is 5.99. The van der Waals surface area contributed by atoms with E-state index in [9.17, 15) is 26.7 Å². The summed E-state index contributed by atoms with van der Waals surface area (Å²) in [4.78, 5) is 16.6. The van der Waals surface area contributed by atoms with Crippen molar-refractivity contribution in [3.05, 3.63) is 46.7 Å². The number of halogens is 5. The lowest BCUT2D eigenvalue weighted by atomic mass is 10.2. The quantitative estimate of drug-likeness (QED) is 0.445. The summed E-state index contributed by atoms with van der Waals surface area (Å²) in [6.07, 6.45) is -4.11. The van der Waals surface area contributed by atoms with Crippen LogP contribution >= 0.6 is 0 Å². The number of carbonyl (C=O) groups is 1. The molecule has 0 atom stereocenters. The number of amides is 1. The summed E-state index contributed by atoms with van der Waals surface area (Å²) in [6.45, 7) is 1.91. The van der Waals surface area contributed by atoms with Gasteiger partial charge in [-0.05, 0) is 38.3 Å². The fourth-order valence-corrected chi connectivity index (χ4v) is 3.41. The van der Waals surface area contributed by atoms with Crippen LogP contribution in [0.1, 0.15) is 64.7 Å². The van der Waals surface area contributed by atoms with Gasteiger partial charge in [0.2, 0.25) is 0 Å². The van der Waals surface area contributed by atoms with Crippen LogP contribution in [0.15, 0.2) is 18.3 Å². The van der Waals surface area contributed by atoms with Crippen molar-refractivity contribution in [2.45, 2.75) is 51.3 Å². The van der Waals surface area contributed by atoms with E-state index in [1.54, 1.807) is 0 Å². The highest BCUT2D eigenvalue weighted by Crippen LogP contribution is 2.42. The molecule has 0 spiro atoms. The van der Waals surface area contributed by atoms with E-state index >= 15 is 0 Å². The van der Waals surface area contributed by atoms with Crippen molar-refractivity contribution in [3.8, 4) is 0 Å². The summed E-state index contributed by atoms with van der Waals surface area (Å²) in [6, 6.07) is 2.28. The molecule has 0 aromatic carbocycles. The molecule has 4 rings (SSSR count). The molecule has 31 heavy (non-hydrogen) atoms. The maximum absolute atomic E-state index is 13.2. The molecule has 3 aromatic rings. The monoisotopic (exact) mass is 442 g/mol. The van der Waals surface area contributed by atoms with Crippen molar-refractivity contribution >= 4 is 11.6 Å². The molecule has 7 nitrogen and oxygen atoms in total. The van der Waals surface area contributed by atoms with Gasteiger partial charge in [0.25, 0.3) is 12.3 Å². The number of fused-ring (bicyclic) bond motifs is 1. The summed E-state index contributed by atoms with van der Waals surface area (Å²) >= 11 is 0. The predicted molar refractivity (Wildman–Crippen MR) is 98.8 cm³/mol. The van der Waals surface area contributed by atoms with Crippen LogP contribution in [0.2, 0.25) is 0 Å². The Morgan fingerprint density at radius 2 is 2.03 bits per heavy atom. The molecule has 0 unspecified atom stereocenters. The summed E-state index contributed by atoms with van der Waals surface area (Å²) in [7, 11) is 0. The van der Waals surface area contributed by atoms with E-state index in [-0.39, 0.29) is 35.9 Å². The Hall–Kier alpha value is -3.05. The van der Waals surface area contributed by atoms with E-state index in [0.717, 1.165) is 29.6 Å². The summed E-state index contributed by atoms with van der Waals surface area (Å²) in [5.41, 5.74) is -0.340. The average Bonchev–Trinajstić information content (AvgIpc) is 3.29. The molecule has 0 bridgehead atoms. The van der Waals surface area contributed by atoms with Crippen molar-refractivity contribution in [1.82, 2.24) is 29.7 Å². The van der Waals surface area contributed by atoms with E-state index < -0.39 is 24.2 Å². The fraction of sp³-hybridized carbons (Fsp3) is 0.474. The molecule has 0 radical (unpaired) electrons. The molecular formula is C19H19F5N6O. The summed E-state index contributed by atoms with van der Waals surface area (Å²) in [5.74, 6) is -0.456. The standard InChI is InChI=1S/C19H19F5N6O/c1-10-7-14(16(20)21)30-17(27-10)12(9-26-30)18(31)25-5-2-6-29-13(11-3-4-11)8-15(28-29)19(22,23)24/h7-9,11,16H,2-6H2,1H3,(H,25,31). The molecule has 3 aromatic heterocycles. The van der Waals surface area contributed by atoms with Gasteiger partial charge in [-0.25, -0.2) is 18.3 Å². The molecule has 1 aliphatic rings. The number of aromatic nitrogens is 5. The third-order valence-electron chi connectivity index (χ3n) is 5.03. The smallest absolute Gasteiger partial charge is 0.352 e. The SMILES string of the molecule is Cc1cc(C(F)F)n2ncc(C(=O)NCCCn3nc(C(F)(F)F)cc3C3CC3)c2n1. The Morgan fingerprint density at radius 1 is 1.29 bits per heavy atom. The molecule has 0 aliphatic heterocycles. The molecule has 0 saturated heterocycles. The lowest BCUT2D eigenvalue weighted by Gasteiger charge is -2.08. The van der Waals surface area contributed by atoms with Crippen molar-refractivity contribution in [3.63, 3.8) is 0 Å². The Kier molecular flexibility index (Phi) is 5.40. The minimum atomic E-state index is -4.51. The molecule has 166 valence electrons. The van der Waals surface area contributed by atoms with Crippen LogP contribution in [0.3, 0.4) is 0 Å². The maximum atomic E-state index is 13.2. The first kappa shape index (κ1) is 21.2. The second-order valence-electron chi connectivity index (χ2n) is 7.48. The van der Waals surface area contributed by atoms with E-state index in [0.29, 0.717) is 17.8 Å². The average molecular weight is 442 g/mol. The Morgan fingerprint density at radius 3 is 2.68 bits per heavy atom. The zero-order chi connectivity index (χ0) is 22.3. The van der Waals surface area contributed by atoms with Crippen LogP contribution in [0.25, 0.3) is 5.65 Å². The molecule has 1 saturated carbocycles. The minimum absolute atomic E-state index is 0.0192. The van der Waals surface area contributed by atoms with Gasteiger partial charge in [0.05, 0.1) is 6.20 Å². The number of aryl methyl sites for hydroxylation is 2. The third kappa shape index (κ3) is 4.37. The number of hydrogen-bond donors (Lipinski definition) is 1. The van der Waals surface area contributed by atoms with Gasteiger partial charge >= 0.3 is 6.18 Å². The van der Waals surface area contributed by atoms with Gasteiger partial charge in [-0.15, -0.1) is 0 Å². The van der Waals surface area contributed by atoms with Gasteiger partial charge in [-0.1, -0.05) is 0 Å². The number of nitrogens with zero attached hydrogens (tertiary/aromatic N) is 5. The number of hydrogen-bond acceptors (Lipinski definition) is 4. The van der Waals surface area contributed by atoms with Crippen molar-refractivity contribution in [1.29, 1.82) is 0 Å². The van der Waals surface area contributed by atoms with Crippen LogP contribution in [0.5, 0.6) is 0 Å². The van der Waals surface area contributed by atoms with Crippen molar-refractivity contribution < 1.29 is 26.7 Å². The Balaban J connectivity index is 1.41. The molecule has 1 N–H and O–H groups in total. The lowest BCUT2D eigenvalue weighted by molar-refractivity contribution is -0.141. The van der Waals surface area contributed by atoms with Gasteiger partial charge in [0, 0.05) is 30.4 Å². The molecule has 12 heteroatoms. The van der Waals surface area contributed by atoms with Gasteiger partial charge < -0.3 is 5.32 Å². The molecule has 1 amide bonds. The maximum Gasteiger partial charge on any atom is 0.435 e. The molecule has 3 heterocycles. The lowest BCUT2D eigenvalue weighted by Crippen LogP contribution is -2.25. The first-order chi connectivity index (χ1) is 14.6. The Labute approximate surface area is 173 Å². The van der Waals surface area contributed by atoms with Gasteiger partial charge in [0.15, 0.2) is 11.3 Å². The number of nitrogens with one attached hydrogen (secondary N) is 1. The second kappa shape index (κ2) is 7.89. The van der Waals surface area contributed by atoms with Gasteiger partial charge in [-0.3, -0.25) is 9.48 Å². The van der Waals surface area contributed by atoms with Gasteiger partial charge in [0.1, 0.15) is 11.3 Å². The first-order valence-corrected chi connectivity index (χ1v) is 9.71. The van der Waals surface area contributed by atoms with Crippen molar-refractivity contribution in [2.75, 3.05) is 6.54 Å². The van der Waals surface area contributed by atoms with E-state index in [2.05, 4.69) is 20.5 Å². The highest BCUT2D eigenvalue weighted by atomic mass is 19.4. The highest BCUT2D eigenvalue weighted by Gasteiger charge is 2.37. The second-order valence-corrected chi connectivity index (χ2v) is 7.48.